The predicted octanol–water partition coefficient (Wildman–Crippen LogP) is 1.71. The van der Waals surface area contributed by atoms with Crippen LogP contribution in [0, 0.1) is 11.3 Å². The van der Waals surface area contributed by atoms with Crippen LogP contribution in [0.5, 0.6) is 17.2 Å². The summed E-state index contributed by atoms with van der Waals surface area (Å²) in [6.07, 6.45) is 1.46. The molecule has 6 heteroatoms. The molecule has 0 heterocycles. The number of benzene rings is 1. The molecule has 0 N–H and O–H groups in total. The topological polar surface area (TPSA) is 71.8 Å². The molecular formula is C15H18N2O4. The van der Waals surface area contributed by atoms with Crippen LogP contribution in [0.1, 0.15) is 5.56 Å². The molecule has 0 aromatic heterocycles. The van der Waals surface area contributed by atoms with Gasteiger partial charge in [-0.2, -0.15) is 5.26 Å². The molecule has 0 atom stereocenters. The van der Waals surface area contributed by atoms with Crippen molar-refractivity contribution in [2.45, 2.75) is 0 Å². The molecule has 112 valence electrons. The quantitative estimate of drug-likeness (QED) is 0.610. The lowest BCUT2D eigenvalue weighted by Crippen LogP contribution is -2.22. The standard InChI is InChI=1S/C15H18N2O4/c1-17(2)15(18)11(9-16)8-10-6-7-12(19-3)14(21-5)13(10)20-4/h6-8H,1-5H3/b11-8-. The van der Waals surface area contributed by atoms with Crippen molar-refractivity contribution in [3.63, 3.8) is 0 Å². The van der Waals surface area contributed by atoms with Gasteiger partial charge in [0.1, 0.15) is 11.6 Å². The van der Waals surface area contributed by atoms with E-state index in [1.165, 1.54) is 32.3 Å². The fourth-order valence-corrected chi connectivity index (χ4v) is 1.78. The Hall–Kier alpha value is -2.68. The minimum atomic E-state index is -0.380. The fraction of sp³-hybridized carbons (Fsp3) is 0.333. The molecule has 0 radical (unpaired) electrons. The van der Waals surface area contributed by atoms with E-state index in [-0.39, 0.29) is 11.5 Å². The highest BCUT2D eigenvalue weighted by Gasteiger charge is 2.17. The lowest BCUT2D eigenvalue weighted by Gasteiger charge is -2.14. The third kappa shape index (κ3) is 3.45. The minimum absolute atomic E-state index is 0.00511. The Morgan fingerprint density at radius 1 is 1.14 bits per heavy atom. The maximum Gasteiger partial charge on any atom is 0.264 e. The number of methoxy groups -OCH3 is 3. The fourth-order valence-electron chi connectivity index (χ4n) is 1.78. The molecule has 1 aromatic carbocycles. The first kappa shape index (κ1) is 16.4. The highest BCUT2D eigenvalue weighted by Crippen LogP contribution is 2.40. The number of nitrogens with zero attached hydrogens (tertiary/aromatic N) is 2. The van der Waals surface area contributed by atoms with Gasteiger partial charge in [-0.15, -0.1) is 0 Å². The maximum absolute atomic E-state index is 11.9. The van der Waals surface area contributed by atoms with Gasteiger partial charge >= 0.3 is 0 Å². The number of nitriles is 1. The maximum atomic E-state index is 11.9. The number of amides is 1. The molecule has 21 heavy (non-hydrogen) atoms. The van der Waals surface area contributed by atoms with Gasteiger partial charge in [0.2, 0.25) is 5.75 Å². The van der Waals surface area contributed by atoms with Crippen molar-refractivity contribution in [3.05, 3.63) is 23.3 Å². The smallest absolute Gasteiger partial charge is 0.264 e. The largest absolute Gasteiger partial charge is 0.493 e. The van der Waals surface area contributed by atoms with Crippen molar-refractivity contribution < 1.29 is 19.0 Å². The van der Waals surface area contributed by atoms with Gasteiger partial charge < -0.3 is 19.1 Å². The van der Waals surface area contributed by atoms with Crippen LogP contribution in [0.4, 0.5) is 0 Å². The van der Waals surface area contributed by atoms with Gasteiger partial charge in [-0.05, 0) is 18.2 Å². The van der Waals surface area contributed by atoms with Crippen LogP contribution < -0.4 is 14.2 Å². The van der Waals surface area contributed by atoms with Crippen LogP contribution in [0.3, 0.4) is 0 Å². The summed E-state index contributed by atoms with van der Waals surface area (Å²) in [5.74, 6) is 0.928. The number of likely N-dealkylation sites (N-methyl/N-ethyl adjacent to an activating group) is 1. The van der Waals surface area contributed by atoms with Crippen LogP contribution in [0.2, 0.25) is 0 Å². The average Bonchev–Trinajstić information content (AvgIpc) is 2.50. The van der Waals surface area contributed by atoms with Crippen LogP contribution in [-0.2, 0) is 4.79 Å². The normalized spacial score (nSPS) is 10.6. The number of hydrogen-bond donors (Lipinski definition) is 0. The van der Waals surface area contributed by atoms with Gasteiger partial charge in [0.05, 0.1) is 21.3 Å². The van der Waals surface area contributed by atoms with E-state index in [0.29, 0.717) is 22.8 Å². The molecule has 6 nitrogen and oxygen atoms in total. The van der Waals surface area contributed by atoms with Crippen LogP contribution in [-0.4, -0.2) is 46.2 Å². The summed E-state index contributed by atoms with van der Waals surface area (Å²) in [5, 5.41) is 9.13. The monoisotopic (exact) mass is 290 g/mol. The zero-order valence-corrected chi connectivity index (χ0v) is 12.8. The molecule has 1 rings (SSSR count). The van der Waals surface area contributed by atoms with E-state index in [0.717, 1.165) is 0 Å². The Bertz CT molecular complexity index is 600. The van der Waals surface area contributed by atoms with E-state index in [4.69, 9.17) is 19.5 Å². The summed E-state index contributed by atoms with van der Waals surface area (Å²) < 4.78 is 15.8. The molecular weight excluding hydrogens is 272 g/mol. The average molecular weight is 290 g/mol. The van der Waals surface area contributed by atoms with E-state index in [2.05, 4.69) is 0 Å². The second-order valence-electron chi connectivity index (χ2n) is 4.29. The van der Waals surface area contributed by atoms with E-state index in [9.17, 15) is 4.79 Å². The Labute approximate surface area is 124 Å². The number of ether oxygens (including phenoxy) is 3. The number of carbonyl (C=O) groups is 1. The zero-order valence-electron chi connectivity index (χ0n) is 12.8. The first-order valence-electron chi connectivity index (χ1n) is 6.12. The van der Waals surface area contributed by atoms with E-state index in [1.54, 1.807) is 26.2 Å². The first-order chi connectivity index (χ1) is 9.99. The molecule has 0 fully saturated rings. The molecule has 0 saturated heterocycles. The molecule has 1 amide bonds. The van der Waals surface area contributed by atoms with Crippen molar-refractivity contribution in [1.29, 1.82) is 5.26 Å². The summed E-state index contributed by atoms with van der Waals surface area (Å²) in [6, 6.07) is 5.27. The SMILES string of the molecule is COc1ccc(/C=C(/C#N)C(=O)N(C)C)c(OC)c1OC. The van der Waals surface area contributed by atoms with Crippen molar-refractivity contribution in [3.8, 4) is 23.3 Å². The highest BCUT2D eigenvalue weighted by molar-refractivity contribution is 6.01. The minimum Gasteiger partial charge on any atom is -0.493 e. The molecule has 0 saturated carbocycles. The molecule has 0 aliphatic rings. The Morgan fingerprint density at radius 2 is 1.76 bits per heavy atom. The number of carbonyl (C=O) groups excluding carboxylic acids is 1. The van der Waals surface area contributed by atoms with Crippen LogP contribution in [0.25, 0.3) is 6.08 Å². The molecule has 0 unspecified atom stereocenters. The lowest BCUT2D eigenvalue weighted by atomic mass is 10.1. The van der Waals surface area contributed by atoms with E-state index < -0.39 is 0 Å². The molecule has 0 spiro atoms. The summed E-state index contributed by atoms with van der Waals surface area (Å²) in [7, 11) is 7.65. The van der Waals surface area contributed by atoms with Crippen molar-refractivity contribution in [2.75, 3.05) is 35.4 Å². The van der Waals surface area contributed by atoms with Gasteiger partial charge in [-0.3, -0.25) is 4.79 Å². The highest BCUT2D eigenvalue weighted by atomic mass is 16.5. The predicted molar refractivity (Wildman–Crippen MR) is 78.4 cm³/mol. The third-order valence-electron chi connectivity index (χ3n) is 2.79. The van der Waals surface area contributed by atoms with Crippen LogP contribution >= 0.6 is 0 Å². The molecule has 0 aliphatic heterocycles. The molecule has 0 bridgehead atoms. The Morgan fingerprint density at radius 3 is 2.19 bits per heavy atom. The van der Waals surface area contributed by atoms with Gasteiger partial charge in [-0.1, -0.05) is 0 Å². The van der Waals surface area contributed by atoms with Gasteiger partial charge in [0.15, 0.2) is 11.5 Å². The molecule has 1 aromatic rings. The van der Waals surface area contributed by atoms with Gasteiger partial charge in [0.25, 0.3) is 5.91 Å². The zero-order chi connectivity index (χ0) is 16.0. The van der Waals surface area contributed by atoms with Crippen molar-refractivity contribution in [2.24, 2.45) is 0 Å². The van der Waals surface area contributed by atoms with Crippen molar-refractivity contribution >= 4 is 12.0 Å². The Balaban J connectivity index is 3.44. The summed E-state index contributed by atoms with van der Waals surface area (Å²) >= 11 is 0. The lowest BCUT2D eigenvalue weighted by molar-refractivity contribution is -0.124. The van der Waals surface area contributed by atoms with Gasteiger partial charge in [-0.25, -0.2) is 0 Å². The van der Waals surface area contributed by atoms with E-state index >= 15 is 0 Å². The second kappa shape index (κ2) is 7.20. The summed E-state index contributed by atoms with van der Waals surface area (Å²) in [5.41, 5.74) is 0.562. The summed E-state index contributed by atoms with van der Waals surface area (Å²) in [6.45, 7) is 0. The van der Waals surface area contributed by atoms with Crippen molar-refractivity contribution in [1.82, 2.24) is 4.90 Å². The number of hydrogen-bond acceptors (Lipinski definition) is 5. The first-order valence-corrected chi connectivity index (χ1v) is 6.12. The third-order valence-corrected chi connectivity index (χ3v) is 2.79. The number of rotatable bonds is 5. The Kier molecular flexibility index (Phi) is 5.61. The van der Waals surface area contributed by atoms with E-state index in [1.807, 2.05) is 6.07 Å². The molecule has 0 aliphatic carbocycles. The van der Waals surface area contributed by atoms with Gasteiger partial charge in [0, 0.05) is 19.7 Å². The second-order valence-corrected chi connectivity index (χ2v) is 4.29. The van der Waals surface area contributed by atoms with Crippen LogP contribution in [0.15, 0.2) is 17.7 Å². The summed E-state index contributed by atoms with van der Waals surface area (Å²) in [4.78, 5) is 13.2.